The molecular formula is C12H8ClNO2. The molecule has 16 heavy (non-hydrogen) atoms. The van der Waals surface area contributed by atoms with Crippen molar-refractivity contribution in [1.82, 2.24) is 5.16 Å². The largest absolute Gasteiger partial charge is 0.463 e. The fourth-order valence-electron chi connectivity index (χ4n) is 1.65. The fraction of sp³-hybridized carbons (Fsp3) is 0.0833. The Hall–Kier alpha value is -1.74. The van der Waals surface area contributed by atoms with E-state index in [1.165, 1.54) is 0 Å². The summed E-state index contributed by atoms with van der Waals surface area (Å²) in [6.07, 6.45) is 1.60. The van der Waals surface area contributed by atoms with Crippen molar-refractivity contribution in [1.29, 1.82) is 0 Å². The molecular weight excluding hydrogens is 226 g/mol. The minimum absolute atomic E-state index is 0.679. The van der Waals surface area contributed by atoms with Gasteiger partial charge in [-0.05, 0) is 36.8 Å². The van der Waals surface area contributed by atoms with E-state index < -0.39 is 0 Å². The number of benzene rings is 1. The Morgan fingerprint density at radius 1 is 1.31 bits per heavy atom. The normalized spacial score (nSPS) is 11.1. The molecule has 3 nitrogen and oxygen atoms in total. The van der Waals surface area contributed by atoms with Crippen LogP contribution in [0, 0.1) is 6.92 Å². The topological polar surface area (TPSA) is 39.2 Å². The van der Waals surface area contributed by atoms with Crippen LogP contribution < -0.4 is 0 Å². The second-order valence-corrected chi connectivity index (χ2v) is 4.01. The number of aryl methyl sites for hydroxylation is 1. The van der Waals surface area contributed by atoms with Gasteiger partial charge in [-0.3, -0.25) is 0 Å². The van der Waals surface area contributed by atoms with Gasteiger partial charge < -0.3 is 8.94 Å². The van der Waals surface area contributed by atoms with Gasteiger partial charge in [0.2, 0.25) is 0 Å². The molecule has 0 aliphatic carbocycles. The summed E-state index contributed by atoms with van der Waals surface area (Å²) in [6, 6.07) is 7.37. The highest BCUT2D eigenvalue weighted by Gasteiger charge is 2.13. The smallest absolute Gasteiger partial charge is 0.168 e. The predicted molar refractivity (Wildman–Crippen MR) is 61.5 cm³/mol. The second-order valence-electron chi connectivity index (χ2n) is 3.61. The SMILES string of the molecule is Cc1cc2onc(-c3ccco3)c2cc1Cl. The van der Waals surface area contributed by atoms with Gasteiger partial charge in [-0.25, -0.2) is 0 Å². The Kier molecular flexibility index (Phi) is 2.01. The van der Waals surface area contributed by atoms with Crippen LogP contribution in [0.1, 0.15) is 5.56 Å². The molecule has 3 rings (SSSR count). The molecule has 0 aliphatic heterocycles. The summed E-state index contributed by atoms with van der Waals surface area (Å²) >= 11 is 6.08. The zero-order valence-electron chi connectivity index (χ0n) is 8.53. The molecule has 1 aromatic carbocycles. The summed E-state index contributed by atoms with van der Waals surface area (Å²) in [4.78, 5) is 0. The predicted octanol–water partition coefficient (Wildman–Crippen LogP) is 4.05. The number of nitrogens with zero attached hydrogens (tertiary/aromatic N) is 1. The molecule has 0 saturated carbocycles. The van der Waals surface area contributed by atoms with Gasteiger partial charge in [0, 0.05) is 5.02 Å². The molecule has 2 heterocycles. The lowest BCUT2D eigenvalue weighted by atomic mass is 10.1. The molecule has 0 fully saturated rings. The van der Waals surface area contributed by atoms with Crippen LogP contribution in [0.25, 0.3) is 22.4 Å². The highest BCUT2D eigenvalue weighted by molar-refractivity contribution is 6.32. The first-order valence-electron chi connectivity index (χ1n) is 4.85. The lowest BCUT2D eigenvalue weighted by molar-refractivity contribution is 0.454. The Bertz CT molecular complexity index is 640. The van der Waals surface area contributed by atoms with Crippen LogP contribution in [0.15, 0.2) is 39.5 Å². The van der Waals surface area contributed by atoms with Gasteiger partial charge >= 0.3 is 0 Å². The first kappa shape index (κ1) is 9.48. The number of hydrogen-bond acceptors (Lipinski definition) is 3. The van der Waals surface area contributed by atoms with E-state index in [0.717, 1.165) is 10.9 Å². The van der Waals surface area contributed by atoms with E-state index in [2.05, 4.69) is 5.16 Å². The third-order valence-electron chi connectivity index (χ3n) is 2.51. The molecule has 2 aromatic heterocycles. The first-order valence-corrected chi connectivity index (χ1v) is 5.23. The van der Waals surface area contributed by atoms with Crippen molar-refractivity contribution in [2.75, 3.05) is 0 Å². The number of halogens is 1. The van der Waals surface area contributed by atoms with Crippen LogP contribution in [-0.4, -0.2) is 5.16 Å². The molecule has 0 N–H and O–H groups in total. The number of furan rings is 1. The molecule has 0 aliphatic rings. The molecule has 0 bridgehead atoms. The second kappa shape index (κ2) is 3.39. The average Bonchev–Trinajstić information content (AvgIpc) is 2.87. The van der Waals surface area contributed by atoms with Gasteiger partial charge in [-0.15, -0.1) is 0 Å². The summed E-state index contributed by atoms with van der Waals surface area (Å²) in [7, 11) is 0. The average molecular weight is 234 g/mol. The van der Waals surface area contributed by atoms with Crippen molar-refractivity contribution in [3.05, 3.63) is 41.1 Å². The molecule has 0 amide bonds. The summed E-state index contributed by atoms with van der Waals surface area (Å²) < 4.78 is 10.5. The maximum Gasteiger partial charge on any atom is 0.168 e. The van der Waals surface area contributed by atoms with Crippen molar-refractivity contribution in [2.45, 2.75) is 6.92 Å². The number of aromatic nitrogens is 1. The van der Waals surface area contributed by atoms with Crippen LogP contribution in [0.5, 0.6) is 0 Å². The van der Waals surface area contributed by atoms with E-state index in [-0.39, 0.29) is 0 Å². The van der Waals surface area contributed by atoms with Crippen molar-refractivity contribution in [3.63, 3.8) is 0 Å². The van der Waals surface area contributed by atoms with E-state index in [0.29, 0.717) is 22.1 Å². The third-order valence-corrected chi connectivity index (χ3v) is 2.91. The first-order chi connectivity index (χ1) is 7.75. The zero-order valence-corrected chi connectivity index (χ0v) is 9.28. The quantitative estimate of drug-likeness (QED) is 0.637. The third kappa shape index (κ3) is 1.32. The van der Waals surface area contributed by atoms with Gasteiger partial charge in [0.15, 0.2) is 17.0 Å². The molecule has 0 saturated heterocycles. The summed E-state index contributed by atoms with van der Waals surface area (Å²) in [5.74, 6) is 0.679. The van der Waals surface area contributed by atoms with Crippen LogP contribution in [-0.2, 0) is 0 Å². The maximum atomic E-state index is 6.08. The Balaban J connectivity index is 2.32. The van der Waals surface area contributed by atoms with Crippen LogP contribution in [0.2, 0.25) is 5.02 Å². The van der Waals surface area contributed by atoms with E-state index in [1.807, 2.05) is 31.2 Å². The van der Waals surface area contributed by atoms with Crippen LogP contribution in [0.4, 0.5) is 0 Å². The molecule has 0 spiro atoms. The van der Waals surface area contributed by atoms with Crippen LogP contribution >= 0.6 is 11.6 Å². The molecule has 3 aromatic rings. The standard InChI is InChI=1S/C12H8ClNO2/c1-7-5-11-8(6-9(7)13)12(14-16-11)10-3-2-4-15-10/h2-6H,1H3. The monoisotopic (exact) mass is 233 g/mol. The lowest BCUT2D eigenvalue weighted by Gasteiger charge is -1.96. The highest BCUT2D eigenvalue weighted by atomic mass is 35.5. The summed E-state index contributed by atoms with van der Waals surface area (Å²) in [6.45, 7) is 1.93. The highest BCUT2D eigenvalue weighted by Crippen LogP contribution is 2.31. The van der Waals surface area contributed by atoms with E-state index in [4.69, 9.17) is 20.5 Å². The van der Waals surface area contributed by atoms with E-state index >= 15 is 0 Å². The van der Waals surface area contributed by atoms with E-state index in [9.17, 15) is 0 Å². The summed E-state index contributed by atoms with van der Waals surface area (Å²) in [5, 5.41) is 5.56. The fourth-order valence-corrected chi connectivity index (χ4v) is 1.81. The minimum Gasteiger partial charge on any atom is -0.463 e. The molecule has 0 radical (unpaired) electrons. The van der Waals surface area contributed by atoms with E-state index in [1.54, 1.807) is 6.26 Å². The van der Waals surface area contributed by atoms with Crippen molar-refractivity contribution >= 4 is 22.6 Å². The zero-order chi connectivity index (χ0) is 11.1. The Morgan fingerprint density at radius 2 is 2.19 bits per heavy atom. The van der Waals surface area contributed by atoms with Crippen molar-refractivity contribution in [2.24, 2.45) is 0 Å². The van der Waals surface area contributed by atoms with Gasteiger partial charge in [0.05, 0.1) is 11.6 Å². The van der Waals surface area contributed by atoms with Gasteiger partial charge in [0.25, 0.3) is 0 Å². The number of rotatable bonds is 1. The maximum absolute atomic E-state index is 6.08. The van der Waals surface area contributed by atoms with Gasteiger partial charge in [-0.1, -0.05) is 16.8 Å². The molecule has 0 atom stereocenters. The summed E-state index contributed by atoms with van der Waals surface area (Å²) in [5.41, 5.74) is 2.37. The van der Waals surface area contributed by atoms with Crippen molar-refractivity contribution in [3.8, 4) is 11.5 Å². The van der Waals surface area contributed by atoms with Gasteiger partial charge in [-0.2, -0.15) is 0 Å². The molecule has 4 heteroatoms. The Labute approximate surface area is 96.6 Å². The number of hydrogen-bond donors (Lipinski definition) is 0. The van der Waals surface area contributed by atoms with Crippen LogP contribution in [0.3, 0.4) is 0 Å². The Morgan fingerprint density at radius 3 is 2.94 bits per heavy atom. The molecule has 80 valence electrons. The number of fused-ring (bicyclic) bond motifs is 1. The minimum atomic E-state index is 0.679. The van der Waals surface area contributed by atoms with Gasteiger partial charge in [0.1, 0.15) is 0 Å². The molecule has 0 unspecified atom stereocenters. The van der Waals surface area contributed by atoms with Crippen molar-refractivity contribution < 1.29 is 8.94 Å². The lowest BCUT2D eigenvalue weighted by Crippen LogP contribution is -1.77.